The minimum atomic E-state index is 0.494. The van der Waals surface area contributed by atoms with Crippen molar-refractivity contribution < 1.29 is 4.74 Å². The molecule has 29 heavy (non-hydrogen) atoms. The Morgan fingerprint density at radius 1 is 1.31 bits per heavy atom. The summed E-state index contributed by atoms with van der Waals surface area (Å²) in [5.41, 5.74) is 4.72. The summed E-state index contributed by atoms with van der Waals surface area (Å²) in [5, 5.41) is 1.40. The summed E-state index contributed by atoms with van der Waals surface area (Å²) in [6, 6.07) is 2.90. The van der Waals surface area contributed by atoms with Crippen LogP contribution < -0.4 is 0 Å². The second kappa shape index (κ2) is 8.75. The predicted octanol–water partition coefficient (Wildman–Crippen LogP) is 3.74. The minimum Gasteiger partial charge on any atom is -0.383 e. The SMILES string of the molecule is COCCN(C)CCC[C@H](C(C)C)N1CC2(CCc3[nH]c4cnccc4c3C2)C1. The van der Waals surface area contributed by atoms with E-state index in [2.05, 4.69) is 46.7 Å². The van der Waals surface area contributed by atoms with E-state index in [-0.39, 0.29) is 0 Å². The number of nitrogens with one attached hydrogen (secondary N) is 1. The lowest BCUT2D eigenvalue weighted by molar-refractivity contribution is -0.0556. The number of aromatic amines is 1. The van der Waals surface area contributed by atoms with E-state index in [4.69, 9.17) is 4.74 Å². The summed E-state index contributed by atoms with van der Waals surface area (Å²) in [6.45, 7) is 10.4. The number of methoxy groups -OCH3 is 1. The maximum absolute atomic E-state index is 5.20. The molecule has 4 rings (SSSR count). The Labute approximate surface area is 175 Å². The van der Waals surface area contributed by atoms with Gasteiger partial charge in [-0.25, -0.2) is 0 Å². The normalized spacial score (nSPS) is 19.8. The van der Waals surface area contributed by atoms with Gasteiger partial charge in [-0.15, -0.1) is 0 Å². The summed E-state index contributed by atoms with van der Waals surface area (Å²) in [7, 11) is 3.99. The van der Waals surface area contributed by atoms with Gasteiger partial charge in [0.05, 0.1) is 18.3 Å². The quantitative estimate of drug-likeness (QED) is 0.699. The number of aromatic nitrogens is 2. The fraction of sp³-hybridized carbons (Fsp3) is 0.708. The number of ether oxygens (including phenoxy) is 1. The molecule has 0 unspecified atom stereocenters. The van der Waals surface area contributed by atoms with Gasteiger partial charge in [0.15, 0.2) is 0 Å². The van der Waals surface area contributed by atoms with E-state index in [0.717, 1.165) is 25.6 Å². The van der Waals surface area contributed by atoms with Gasteiger partial charge in [0, 0.05) is 55.5 Å². The van der Waals surface area contributed by atoms with E-state index in [1.165, 1.54) is 61.8 Å². The Bertz CT molecular complexity index is 808. The number of hydrogen-bond acceptors (Lipinski definition) is 4. The first-order chi connectivity index (χ1) is 14.0. The van der Waals surface area contributed by atoms with Crippen LogP contribution in [0.1, 0.15) is 44.4 Å². The molecule has 1 saturated heterocycles. The fourth-order valence-corrected chi connectivity index (χ4v) is 5.61. The molecule has 2 aromatic rings. The molecule has 0 saturated carbocycles. The van der Waals surface area contributed by atoms with Crippen LogP contribution in [0.4, 0.5) is 0 Å². The molecular weight excluding hydrogens is 360 g/mol. The molecule has 0 amide bonds. The molecule has 1 aliphatic heterocycles. The number of likely N-dealkylation sites (tertiary alicyclic amines) is 1. The Balaban J connectivity index is 1.34. The molecule has 1 aliphatic carbocycles. The van der Waals surface area contributed by atoms with E-state index >= 15 is 0 Å². The maximum Gasteiger partial charge on any atom is 0.0645 e. The van der Waals surface area contributed by atoms with Gasteiger partial charge in [-0.05, 0) is 63.2 Å². The predicted molar refractivity (Wildman–Crippen MR) is 119 cm³/mol. The highest BCUT2D eigenvalue weighted by Gasteiger charge is 2.47. The zero-order chi connectivity index (χ0) is 20.4. The maximum atomic E-state index is 5.20. The average molecular weight is 399 g/mol. The lowest BCUT2D eigenvalue weighted by Gasteiger charge is -2.56. The summed E-state index contributed by atoms with van der Waals surface area (Å²) in [4.78, 5) is 13.1. The Morgan fingerprint density at radius 3 is 2.90 bits per heavy atom. The highest BCUT2D eigenvalue weighted by molar-refractivity contribution is 5.84. The lowest BCUT2D eigenvalue weighted by atomic mass is 9.66. The molecule has 2 aliphatic rings. The monoisotopic (exact) mass is 398 g/mol. The summed E-state index contributed by atoms with van der Waals surface area (Å²) in [5.74, 6) is 0.718. The molecule has 0 aromatic carbocycles. The molecule has 2 aromatic heterocycles. The van der Waals surface area contributed by atoms with Crippen LogP contribution in [0.3, 0.4) is 0 Å². The van der Waals surface area contributed by atoms with Gasteiger partial charge in [-0.2, -0.15) is 0 Å². The zero-order valence-corrected chi connectivity index (χ0v) is 18.7. The summed E-state index contributed by atoms with van der Waals surface area (Å²) >= 11 is 0. The van der Waals surface area contributed by atoms with Crippen LogP contribution >= 0.6 is 0 Å². The standard InChI is InChI=1S/C24H38N4O/c1-18(2)23(6-5-11-27(3)12-13-29-4)28-16-24(17-28)9-7-21-20(14-24)19-8-10-25-15-22(19)26-21/h8,10,15,18,23,26H,5-7,9,11-14,16-17H2,1-4H3/t23-/m1/s1. The van der Waals surface area contributed by atoms with Crippen LogP contribution in [-0.4, -0.2) is 72.8 Å². The van der Waals surface area contributed by atoms with E-state index in [0.29, 0.717) is 11.5 Å². The van der Waals surface area contributed by atoms with Gasteiger partial charge < -0.3 is 14.6 Å². The summed E-state index contributed by atoms with van der Waals surface area (Å²) < 4.78 is 5.20. The first-order valence-electron chi connectivity index (χ1n) is 11.4. The second-order valence-corrected chi connectivity index (χ2v) is 9.83. The van der Waals surface area contributed by atoms with Gasteiger partial charge in [-0.1, -0.05) is 13.8 Å². The average Bonchev–Trinajstić information content (AvgIpc) is 3.05. The van der Waals surface area contributed by atoms with Crippen LogP contribution in [0.15, 0.2) is 18.5 Å². The number of hydrogen-bond donors (Lipinski definition) is 1. The molecule has 5 heteroatoms. The molecule has 1 fully saturated rings. The van der Waals surface area contributed by atoms with Crippen molar-refractivity contribution in [3.8, 4) is 0 Å². The van der Waals surface area contributed by atoms with Gasteiger partial charge in [0.2, 0.25) is 0 Å². The molecule has 1 atom stereocenters. The highest BCUT2D eigenvalue weighted by atomic mass is 16.5. The molecular formula is C24H38N4O. The number of aryl methyl sites for hydroxylation is 1. The highest BCUT2D eigenvalue weighted by Crippen LogP contribution is 2.46. The summed E-state index contributed by atoms with van der Waals surface area (Å²) in [6.07, 6.45) is 10.2. The number of likely N-dealkylation sites (N-methyl/N-ethyl adjacent to an activating group) is 1. The third-order valence-corrected chi connectivity index (χ3v) is 7.29. The molecule has 0 bridgehead atoms. The first-order valence-corrected chi connectivity index (χ1v) is 11.4. The number of rotatable bonds is 9. The minimum absolute atomic E-state index is 0.494. The van der Waals surface area contributed by atoms with E-state index in [1.54, 1.807) is 12.7 Å². The van der Waals surface area contributed by atoms with Gasteiger partial charge in [0.25, 0.3) is 0 Å². The number of H-pyrrole nitrogens is 1. The van der Waals surface area contributed by atoms with Crippen LogP contribution in [0, 0.1) is 11.3 Å². The number of pyridine rings is 1. The Morgan fingerprint density at radius 2 is 2.14 bits per heavy atom. The van der Waals surface area contributed by atoms with Crippen molar-refractivity contribution in [3.63, 3.8) is 0 Å². The smallest absolute Gasteiger partial charge is 0.0645 e. The van der Waals surface area contributed by atoms with Crippen LogP contribution in [0.25, 0.3) is 10.9 Å². The van der Waals surface area contributed by atoms with E-state index in [1.807, 2.05) is 12.4 Å². The van der Waals surface area contributed by atoms with Crippen molar-refractivity contribution in [1.82, 2.24) is 19.8 Å². The van der Waals surface area contributed by atoms with E-state index in [9.17, 15) is 0 Å². The van der Waals surface area contributed by atoms with Crippen molar-refractivity contribution in [2.45, 2.75) is 52.0 Å². The molecule has 3 heterocycles. The molecule has 160 valence electrons. The van der Waals surface area contributed by atoms with Crippen molar-refractivity contribution >= 4 is 10.9 Å². The van der Waals surface area contributed by atoms with Crippen LogP contribution in [0.2, 0.25) is 0 Å². The largest absolute Gasteiger partial charge is 0.383 e. The molecule has 1 N–H and O–H groups in total. The van der Waals surface area contributed by atoms with Crippen molar-refractivity contribution in [1.29, 1.82) is 0 Å². The van der Waals surface area contributed by atoms with Crippen molar-refractivity contribution in [2.24, 2.45) is 11.3 Å². The van der Waals surface area contributed by atoms with E-state index < -0.39 is 0 Å². The molecule has 0 radical (unpaired) electrons. The Kier molecular flexibility index (Phi) is 6.28. The zero-order valence-electron chi connectivity index (χ0n) is 18.7. The lowest BCUT2D eigenvalue weighted by Crippen LogP contribution is -2.62. The third-order valence-electron chi connectivity index (χ3n) is 7.29. The van der Waals surface area contributed by atoms with Gasteiger partial charge in [-0.3, -0.25) is 9.88 Å². The fourth-order valence-electron chi connectivity index (χ4n) is 5.61. The third kappa shape index (κ3) is 4.37. The van der Waals surface area contributed by atoms with Crippen LogP contribution in [0.5, 0.6) is 0 Å². The van der Waals surface area contributed by atoms with Crippen molar-refractivity contribution in [3.05, 3.63) is 29.7 Å². The number of fused-ring (bicyclic) bond motifs is 3. The first kappa shape index (κ1) is 20.8. The second-order valence-electron chi connectivity index (χ2n) is 9.83. The van der Waals surface area contributed by atoms with Gasteiger partial charge >= 0.3 is 0 Å². The molecule has 1 spiro atoms. The number of nitrogens with zero attached hydrogens (tertiary/aromatic N) is 3. The topological polar surface area (TPSA) is 44.4 Å². The van der Waals surface area contributed by atoms with Crippen molar-refractivity contribution in [2.75, 3.05) is 46.9 Å². The Hall–Kier alpha value is -1.43. The molecule has 5 nitrogen and oxygen atoms in total. The van der Waals surface area contributed by atoms with Crippen LogP contribution in [-0.2, 0) is 17.6 Å². The van der Waals surface area contributed by atoms with Gasteiger partial charge in [0.1, 0.15) is 0 Å².